The highest BCUT2D eigenvalue weighted by molar-refractivity contribution is 6.70. The zero-order chi connectivity index (χ0) is 14.1. The largest absolute Gasteiger partial charge is 0.543 e. The lowest BCUT2D eigenvalue weighted by molar-refractivity contribution is 0.556. The number of unbranched alkanes of at least 4 members (excludes halogenated alkanes) is 4. The van der Waals surface area contributed by atoms with Gasteiger partial charge in [-0.05, 0) is 38.2 Å². The van der Waals surface area contributed by atoms with Crippen molar-refractivity contribution in [2.24, 2.45) is 0 Å². The Kier molecular flexibility index (Phi) is 6.73. The maximum atomic E-state index is 6.06. The van der Waals surface area contributed by atoms with Gasteiger partial charge >= 0.3 is 0 Å². The summed E-state index contributed by atoms with van der Waals surface area (Å²) in [6.45, 7) is 8.82. The lowest BCUT2D eigenvalue weighted by Gasteiger charge is -2.20. The molecule has 19 heavy (non-hydrogen) atoms. The molecule has 1 nitrogen and oxygen atoms in total. The van der Waals surface area contributed by atoms with E-state index in [4.69, 9.17) is 4.43 Å². The Labute approximate surface area is 119 Å². The summed E-state index contributed by atoms with van der Waals surface area (Å²) in [6.07, 6.45) is 6.08. The minimum atomic E-state index is -1.56. The van der Waals surface area contributed by atoms with Gasteiger partial charge in [0.2, 0.25) is 8.32 Å². The number of benzene rings is 1. The van der Waals surface area contributed by atoms with Crippen LogP contribution in [-0.2, 0) is 0 Å². The van der Waals surface area contributed by atoms with Crippen LogP contribution < -0.4 is 4.43 Å². The summed E-state index contributed by atoms with van der Waals surface area (Å²) < 4.78 is 6.06. The minimum Gasteiger partial charge on any atom is -0.543 e. The van der Waals surface area contributed by atoms with Crippen LogP contribution in [0.1, 0.15) is 44.6 Å². The van der Waals surface area contributed by atoms with Crippen molar-refractivity contribution < 1.29 is 4.43 Å². The molecule has 0 bridgehead atoms. The quantitative estimate of drug-likeness (QED) is 0.392. The van der Waals surface area contributed by atoms with Crippen LogP contribution in [0.3, 0.4) is 0 Å². The van der Waals surface area contributed by atoms with E-state index in [0.29, 0.717) is 0 Å². The maximum absolute atomic E-state index is 6.06. The molecule has 0 aliphatic carbocycles. The van der Waals surface area contributed by atoms with Gasteiger partial charge in [-0.15, -0.1) is 0 Å². The normalized spacial score (nSPS) is 10.7. The smallest absolute Gasteiger partial charge is 0.242 e. The first kappa shape index (κ1) is 15.9. The van der Waals surface area contributed by atoms with Gasteiger partial charge in [-0.25, -0.2) is 0 Å². The van der Waals surface area contributed by atoms with E-state index in [2.05, 4.69) is 44.5 Å². The third-order valence-electron chi connectivity index (χ3n) is 2.68. The van der Waals surface area contributed by atoms with Crippen LogP contribution in [0.25, 0.3) is 0 Å². The SMILES string of the molecule is CCCCCCC#Cc1ccccc1O[Si](C)(C)C. The second kappa shape index (κ2) is 8.07. The fourth-order valence-electron chi connectivity index (χ4n) is 1.79. The molecule has 0 amide bonds. The fourth-order valence-corrected chi connectivity index (χ4v) is 2.62. The Morgan fingerprint density at radius 3 is 2.47 bits per heavy atom. The fraction of sp³-hybridized carbons (Fsp3) is 0.529. The van der Waals surface area contributed by atoms with E-state index >= 15 is 0 Å². The predicted molar refractivity (Wildman–Crippen MR) is 86.1 cm³/mol. The molecule has 1 aromatic carbocycles. The first-order valence-corrected chi connectivity index (χ1v) is 10.7. The summed E-state index contributed by atoms with van der Waals surface area (Å²) in [7, 11) is -1.56. The monoisotopic (exact) mass is 274 g/mol. The Bertz CT molecular complexity index is 435. The molecule has 2 heteroatoms. The Balaban J connectivity index is 2.60. The van der Waals surface area contributed by atoms with Crippen LogP contribution in [0.5, 0.6) is 5.75 Å². The van der Waals surface area contributed by atoms with Crippen molar-refractivity contribution >= 4 is 8.32 Å². The molecule has 0 heterocycles. The van der Waals surface area contributed by atoms with E-state index in [9.17, 15) is 0 Å². The molecular weight excluding hydrogens is 248 g/mol. The molecule has 0 saturated heterocycles. The van der Waals surface area contributed by atoms with Gasteiger partial charge in [0.05, 0.1) is 5.56 Å². The topological polar surface area (TPSA) is 9.23 Å². The summed E-state index contributed by atoms with van der Waals surface area (Å²) in [6, 6.07) is 8.12. The third kappa shape index (κ3) is 7.08. The van der Waals surface area contributed by atoms with Gasteiger partial charge in [0, 0.05) is 6.42 Å². The minimum absolute atomic E-state index is 0.947. The highest BCUT2D eigenvalue weighted by Gasteiger charge is 2.17. The molecule has 0 N–H and O–H groups in total. The molecule has 1 rings (SSSR count). The van der Waals surface area contributed by atoms with Crippen molar-refractivity contribution in [2.75, 3.05) is 0 Å². The number of hydrogen-bond acceptors (Lipinski definition) is 1. The second-order valence-corrected chi connectivity index (χ2v) is 10.3. The van der Waals surface area contributed by atoms with Crippen molar-refractivity contribution in [3.63, 3.8) is 0 Å². The van der Waals surface area contributed by atoms with Crippen LogP contribution in [0, 0.1) is 11.8 Å². The molecule has 0 radical (unpaired) electrons. The van der Waals surface area contributed by atoms with Crippen molar-refractivity contribution in [3.05, 3.63) is 29.8 Å². The highest BCUT2D eigenvalue weighted by atomic mass is 28.4. The van der Waals surface area contributed by atoms with Crippen LogP contribution in [-0.4, -0.2) is 8.32 Å². The Hall–Kier alpha value is -1.20. The molecular formula is C17H26OSi. The molecule has 1 aromatic rings. The Morgan fingerprint density at radius 2 is 1.79 bits per heavy atom. The van der Waals surface area contributed by atoms with Crippen LogP contribution in [0.2, 0.25) is 19.6 Å². The van der Waals surface area contributed by atoms with E-state index in [1.54, 1.807) is 0 Å². The average molecular weight is 274 g/mol. The van der Waals surface area contributed by atoms with Crippen LogP contribution in [0.4, 0.5) is 0 Å². The van der Waals surface area contributed by atoms with Gasteiger partial charge in [0.25, 0.3) is 0 Å². The van der Waals surface area contributed by atoms with Crippen molar-refractivity contribution in [1.82, 2.24) is 0 Å². The summed E-state index contributed by atoms with van der Waals surface area (Å²) in [4.78, 5) is 0. The molecule has 0 saturated carbocycles. The molecule has 0 spiro atoms. The summed E-state index contributed by atoms with van der Waals surface area (Å²) in [5.41, 5.74) is 1.03. The zero-order valence-corrected chi connectivity index (χ0v) is 13.8. The van der Waals surface area contributed by atoms with E-state index in [-0.39, 0.29) is 0 Å². The molecule has 0 aliphatic heterocycles. The van der Waals surface area contributed by atoms with Gasteiger partial charge in [0.15, 0.2) is 0 Å². The van der Waals surface area contributed by atoms with Crippen LogP contribution >= 0.6 is 0 Å². The molecule has 0 aromatic heterocycles. The third-order valence-corrected chi connectivity index (χ3v) is 3.51. The van der Waals surface area contributed by atoms with Gasteiger partial charge in [-0.2, -0.15) is 0 Å². The number of rotatable bonds is 6. The lowest BCUT2D eigenvalue weighted by atomic mass is 10.1. The maximum Gasteiger partial charge on any atom is 0.242 e. The van der Waals surface area contributed by atoms with E-state index in [0.717, 1.165) is 17.7 Å². The number of hydrogen-bond donors (Lipinski definition) is 0. The van der Waals surface area contributed by atoms with Gasteiger partial charge in [0.1, 0.15) is 5.75 Å². The van der Waals surface area contributed by atoms with Crippen molar-refractivity contribution in [1.29, 1.82) is 0 Å². The van der Waals surface area contributed by atoms with Crippen LogP contribution in [0.15, 0.2) is 24.3 Å². The molecule has 0 aliphatic rings. The van der Waals surface area contributed by atoms with Crippen molar-refractivity contribution in [2.45, 2.75) is 58.7 Å². The highest BCUT2D eigenvalue weighted by Crippen LogP contribution is 2.20. The second-order valence-electron chi connectivity index (χ2n) is 5.82. The predicted octanol–water partition coefficient (Wildman–Crippen LogP) is 5.22. The number of para-hydroxylation sites is 1. The first-order valence-electron chi connectivity index (χ1n) is 7.30. The van der Waals surface area contributed by atoms with E-state index < -0.39 is 8.32 Å². The summed E-state index contributed by atoms with van der Waals surface area (Å²) >= 11 is 0. The standard InChI is InChI=1S/C17H26OSi/c1-5-6-7-8-9-10-13-16-14-11-12-15-17(16)18-19(2,3)4/h11-12,14-15H,5-9H2,1-4H3. The summed E-state index contributed by atoms with van der Waals surface area (Å²) in [5, 5.41) is 0. The average Bonchev–Trinajstić information content (AvgIpc) is 2.33. The zero-order valence-electron chi connectivity index (χ0n) is 12.8. The van der Waals surface area contributed by atoms with Crippen molar-refractivity contribution in [3.8, 4) is 17.6 Å². The molecule has 104 valence electrons. The van der Waals surface area contributed by atoms with Gasteiger partial charge < -0.3 is 4.43 Å². The van der Waals surface area contributed by atoms with E-state index in [1.807, 2.05) is 18.2 Å². The van der Waals surface area contributed by atoms with E-state index in [1.165, 1.54) is 25.7 Å². The summed E-state index contributed by atoms with van der Waals surface area (Å²) in [5.74, 6) is 7.48. The molecule has 0 unspecified atom stereocenters. The lowest BCUT2D eigenvalue weighted by Crippen LogP contribution is -2.29. The van der Waals surface area contributed by atoms with Gasteiger partial charge in [-0.1, -0.05) is 50.2 Å². The Morgan fingerprint density at radius 1 is 1.05 bits per heavy atom. The molecule has 0 fully saturated rings. The molecule has 0 atom stereocenters. The first-order chi connectivity index (χ1) is 9.03. The van der Waals surface area contributed by atoms with Gasteiger partial charge in [-0.3, -0.25) is 0 Å².